The zero-order chi connectivity index (χ0) is 12.9. The average molecular weight is 283 g/mol. The minimum atomic E-state index is -0.403. The van der Waals surface area contributed by atoms with Gasteiger partial charge in [0.2, 0.25) is 0 Å². The second-order valence-electron chi connectivity index (χ2n) is 4.89. The van der Waals surface area contributed by atoms with Crippen LogP contribution in [0.3, 0.4) is 0 Å². The molecule has 0 unspecified atom stereocenters. The Morgan fingerprint density at radius 2 is 2.39 bits per heavy atom. The van der Waals surface area contributed by atoms with Gasteiger partial charge in [-0.15, -0.1) is 0 Å². The molecule has 1 saturated heterocycles. The lowest BCUT2D eigenvalue weighted by Gasteiger charge is -2.52. The van der Waals surface area contributed by atoms with Crippen LogP contribution in [0.2, 0.25) is 5.02 Å². The number of para-hydroxylation sites is 1. The molecule has 0 aromatic heterocycles. The maximum Gasteiger partial charge on any atom is 0.184 e. The molecular weight excluding hydrogens is 268 g/mol. The van der Waals surface area contributed by atoms with E-state index in [1.54, 1.807) is 0 Å². The summed E-state index contributed by atoms with van der Waals surface area (Å²) in [7, 11) is 0. The van der Waals surface area contributed by atoms with Crippen LogP contribution < -0.4 is 10.1 Å². The first-order chi connectivity index (χ1) is 8.55. The number of rotatable bonds is 1. The Bertz CT molecular complexity index is 522. The van der Waals surface area contributed by atoms with E-state index in [1.165, 1.54) is 0 Å². The van der Waals surface area contributed by atoms with Gasteiger partial charge in [0, 0.05) is 18.5 Å². The van der Waals surface area contributed by atoms with E-state index in [9.17, 15) is 0 Å². The largest absolute Gasteiger partial charge is 0.466 e. The van der Waals surface area contributed by atoms with Gasteiger partial charge in [0.1, 0.15) is 5.75 Å². The van der Waals surface area contributed by atoms with E-state index < -0.39 is 5.72 Å². The molecule has 0 radical (unpaired) electrons. The molecule has 2 aliphatic heterocycles. The van der Waals surface area contributed by atoms with Crippen molar-refractivity contribution in [3.8, 4) is 5.75 Å². The lowest BCUT2D eigenvalue weighted by molar-refractivity contribution is -0.0657. The molecule has 1 N–H and O–H groups in total. The van der Waals surface area contributed by atoms with E-state index in [0.717, 1.165) is 29.4 Å². The molecule has 0 saturated carbocycles. The standard InChI is InChI=1S/C13H15ClN2OS/c1-3-16-12(18)15-10-7-13(16,2)17-11-8(10)5-4-6-9(11)14/h4-6,10H,3,7H2,1-2H3,(H,15,18)/t10-,13+/m0/s1. The molecule has 18 heavy (non-hydrogen) atoms. The Kier molecular flexibility index (Phi) is 2.68. The molecule has 1 fully saturated rings. The summed E-state index contributed by atoms with van der Waals surface area (Å²) in [6, 6.07) is 6.04. The van der Waals surface area contributed by atoms with Crippen LogP contribution in [0.5, 0.6) is 5.75 Å². The van der Waals surface area contributed by atoms with Crippen LogP contribution in [0.25, 0.3) is 0 Å². The first-order valence-corrected chi connectivity index (χ1v) is 6.89. The first-order valence-electron chi connectivity index (χ1n) is 6.11. The zero-order valence-electron chi connectivity index (χ0n) is 10.4. The second-order valence-corrected chi connectivity index (χ2v) is 5.68. The van der Waals surface area contributed by atoms with Gasteiger partial charge < -0.3 is 15.0 Å². The van der Waals surface area contributed by atoms with Crippen LogP contribution in [0.15, 0.2) is 18.2 Å². The van der Waals surface area contributed by atoms with E-state index in [0.29, 0.717) is 5.02 Å². The van der Waals surface area contributed by atoms with Gasteiger partial charge in [-0.3, -0.25) is 0 Å². The van der Waals surface area contributed by atoms with Crippen molar-refractivity contribution >= 4 is 28.9 Å². The van der Waals surface area contributed by atoms with Crippen molar-refractivity contribution in [3.05, 3.63) is 28.8 Å². The van der Waals surface area contributed by atoms with Gasteiger partial charge in [-0.2, -0.15) is 0 Å². The monoisotopic (exact) mass is 282 g/mol. The minimum Gasteiger partial charge on any atom is -0.466 e. The summed E-state index contributed by atoms with van der Waals surface area (Å²) in [4.78, 5) is 2.07. The lowest BCUT2D eigenvalue weighted by Crippen LogP contribution is -2.64. The SMILES string of the molecule is CCN1C(=S)N[C@H]2C[C@@]1(C)Oc1c(Cl)cccc12. The number of thiocarbonyl (C=S) groups is 1. The summed E-state index contributed by atoms with van der Waals surface area (Å²) in [6.07, 6.45) is 0.869. The minimum absolute atomic E-state index is 0.188. The third kappa shape index (κ3) is 1.59. The zero-order valence-corrected chi connectivity index (χ0v) is 11.9. The molecule has 3 nitrogen and oxygen atoms in total. The Labute approximate surface area is 117 Å². The highest BCUT2D eigenvalue weighted by atomic mass is 35.5. The summed E-state index contributed by atoms with van der Waals surface area (Å²) in [6.45, 7) is 4.96. The number of nitrogens with zero attached hydrogens (tertiary/aromatic N) is 1. The van der Waals surface area contributed by atoms with E-state index in [1.807, 2.05) is 18.2 Å². The fourth-order valence-corrected chi connectivity index (χ4v) is 3.56. The molecule has 2 aliphatic rings. The summed E-state index contributed by atoms with van der Waals surface area (Å²) >= 11 is 11.7. The predicted octanol–water partition coefficient (Wildman–Crippen LogP) is 3.09. The van der Waals surface area contributed by atoms with Crippen LogP contribution in [-0.4, -0.2) is 22.3 Å². The molecule has 0 aliphatic carbocycles. The molecule has 2 bridgehead atoms. The lowest BCUT2D eigenvalue weighted by atomic mass is 9.90. The number of benzene rings is 1. The number of halogens is 1. The summed E-state index contributed by atoms with van der Waals surface area (Å²) in [5.74, 6) is 0.784. The molecule has 2 atom stereocenters. The van der Waals surface area contributed by atoms with Crippen molar-refractivity contribution in [2.24, 2.45) is 0 Å². The van der Waals surface area contributed by atoms with Crippen LogP contribution >= 0.6 is 23.8 Å². The predicted molar refractivity (Wildman–Crippen MR) is 76.0 cm³/mol. The van der Waals surface area contributed by atoms with E-state index in [2.05, 4.69) is 24.1 Å². The van der Waals surface area contributed by atoms with E-state index >= 15 is 0 Å². The fraction of sp³-hybridized carbons (Fsp3) is 0.462. The number of nitrogens with one attached hydrogen (secondary N) is 1. The molecule has 3 rings (SSSR count). The molecule has 96 valence electrons. The van der Waals surface area contributed by atoms with Gasteiger partial charge in [-0.1, -0.05) is 23.7 Å². The van der Waals surface area contributed by atoms with Crippen molar-refractivity contribution in [1.29, 1.82) is 0 Å². The number of ether oxygens (including phenoxy) is 1. The maximum atomic E-state index is 6.24. The Hall–Kier alpha value is -1.00. The summed E-state index contributed by atoms with van der Waals surface area (Å²) in [5, 5.41) is 4.79. The Morgan fingerprint density at radius 1 is 1.61 bits per heavy atom. The summed E-state index contributed by atoms with van der Waals surface area (Å²) in [5.41, 5.74) is 0.692. The molecular formula is C13H15ClN2OS. The number of hydrogen-bond donors (Lipinski definition) is 1. The number of fused-ring (bicyclic) bond motifs is 4. The number of hydrogen-bond acceptors (Lipinski definition) is 2. The molecule has 1 aromatic rings. The van der Waals surface area contributed by atoms with Crippen molar-refractivity contribution in [2.75, 3.05) is 6.54 Å². The van der Waals surface area contributed by atoms with Crippen molar-refractivity contribution < 1.29 is 4.74 Å². The normalized spacial score (nSPS) is 29.4. The van der Waals surface area contributed by atoms with Crippen molar-refractivity contribution in [1.82, 2.24) is 10.2 Å². The molecule has 2 heterocycles. The molecule has 0 spiro atoms. The maximum absolute atomic E-state index is 6.24. The topological polar surface area (TPSA) is 24.5 Å². The van der Waals surface area contributed by atoms with Gasteiger partial charge in [-0.25, -0.2) is 0 Å². The second kappa shape index (κ2) is 4.00. The Balaban J connectivity index is 2.12. The van der Waals surface area contributed by atoms with Crippen molar-refractivity contribution in [3.63, 3.8) is 0 Å². The quantitative estimate of drug-likeness (QED) is 0.800. The highest BCUT2D eigenvalue weighted by Crippen LogP contribution is 2.46. The van der Waals surface area contributed by atoms with Gasteiger partial charge >= 0.3 is 0 Å². The van der Waals surface area contributed by atoms with Gasteiger partial charge in [0.15, 0.2) is 10.8 Å². The van der Waals surface area contributed by atoms with Crippen LogP contribution in [0.1, 0.15) is 31.9 Å². The van der Waals surface area contributed by atoms with Crippen LogP contribution in [0, 0.1) is 0 Å². The fourth-order valence-electron chi connectivity index (χ4n) is 2.87. The average Bonchev–Trinajstić information content (AvgIpc) is 2.30. The highest BCUT2D eigenvalue weighted by molar-refractivity contribution is 7.80. The van der Waals surface area contributed by atoms with Crippen LogP contribution in [-0.2, 0) is 0 Å². The third-order valence-corrected chi connectivity index (χ3v) is 4.34. The van der Waals surface area contributed by atoms with Gasteiger partial charge in [0.05, 0.1) is 11.1 Å². The third-order valence-electron chi connectivity index (χ3n) is 3.71. The van der Waals surface area contributed by atoms with Crippen molar-refractivity contribution in [2.45, 2.75) is 32.0 Å². The highest BCUT2D eigenvalue weighted by Gasteiger charge is 2.47. The Morgan fingerprint density at radius 3 is 3.11 bits per heavy atom. The molecule has 1 aromatic carbocycles. The van der Waals surface area contributed by atoms with Crippen LogP contribution in [0.4, 0.5) is 0 Å². The van der Waals surface area contributed by atoms with Gasteiger partial charge in [-0.05, 0) is 32.1 Å². The first kappa shape index (κ1) is 12.1. The van der Waals surface area contributed by atoms with E-state index in [-0.39, 0.29) is 6.04 Å². The molecule has 0 amide bonds. The van der Waals surface area contributed by atoms with E-state index in [4.69, 9.17) is 28.6 Å². The molecule has 5 heteroatoms. The summed E-state index contributed by atoms with van der Waals surface area (Å²) < 4.78 is 6.16. The smallest absolute Gasteiger partial charge is 0.184 e. The van der Waals surface area contributed by atoms with Gasteiger partial charge in [0.25, 0.3) is 0 Å².